The molecule has 4 rings (SSSR count). The van der Waals surface area contributed by atoms with Crippen LogP contribution in [-0.2, 0) is 7.05 Å². The van der Waals surface area contributed by atoms with E-state index in [2.05, 4.69) is 5.32 Å². The van der Waals surface area contributed by atoms with Crippen LogP contribution in [0.4, 0.5) is 5.69 Å². The quantitative estimate of drug-likeness (QED) is 0.372. The zero-order valence-corrected chi connectivity index (χ0v) is 17.1. The molecule has 3 nitrogen and oxygen atoms in total. The molecule has 6 heteroatoms. The topological polar surface area (TPSA) is 34.0 Å². The van der Waals surface area contributed by atoms with E-state index in [-0.39, 0.29) is 5.91 Å². The number of hydrogen-bond acceptors (Lipinski definition) is 1. The van der Waals surface area contributed by atoms with Crippen molar-refractivity contribution in [1.82, 2.24) is 4.57 Å². The number of hydrogen-bond donors (Lipinski definition) is 1. The summed E-state index contributed by atoms with van der Waals surface area (Å²) in [5.74, 6) is -0.257. The van der Waals surface area contributed by atoms with Gasteiger partial charge in [-0.1, -0.05) is 59.1 Å². The highest BCUT2D eigenvalue weighted by atomic mass is 35.5. The summed E-state index contributed by atoms with van der Waals surface area (Å²) >= 11 is 18.5. The van der Waals surface area contributed by atoms with Gasteiger partial charge >= 0.3 is 0 Å². The molecule has 4 aromatic rings. The molecule has 3 aromatic carbocycles. The van der Waals surface area contributed by atoms with E-state index in [9.17, 15) is 4.79 Å². The maximum absolute atomic E-state index is 13.3. The lowest BCUT2D eigenvalue weighted by Crippen LogP contribution is -2.16. The van der Waals surface area contributed by atoms with Crippen molar-refractivity contribution in [2.75, 3.05) is 5.32 Å². The highest BCUT2D eigenvalue weighted by Crippen LogP contribution is 2.37. The molecule has 0 spiro atoms. The number of halogens is 3. The average molecular weight is 430 g/mol. The summed E-state index contributed by atoms with van der Waals surface area (Å²) in [5.41, 5.74) is 3.64. The first kappa shape index (κ1) is 18.9. The Bertz CT molecular complexity index is 1200. The number of nitrogens with zero attached hydrogens (tertiary/aromatic N) is 1. The minimum absolute atomic E-state index is 0.257. The maximum Gasteiger partial charge on any atom is 0.273 e. The van der Waals surface area contributed by atoms with Crippen LogP contribution in [-0.4, -0.2) is 10.5 Å². The van der Waals surface area contributed by atoms with Crippen LogP contribution in [0.1, 0.15) is 10.5 Å². The number of para-hydroxylation sites is 1. The normalized spacial score (nSPS) is 11.0. The number of aromatic nitrogens is 1. The van der Waals surface area contributed by atoms with E-state index in [1.165, 1.54) is 0 Å². The SMILES string of the molecule is Cn1c(C(=O)Nc2ccccc2Cl)c(-c2ccc(Cl)cc2)c2cc(Cl)ccc21. The lowest BCUT2D eigenvalue weighted by Gasteiger charge is -2.11. The fourth-order valence-electron chi connectivity index (χ4n) is 3.34. The van der Waals surface area contributed by atoms with Crippen LogP contribution in [0.15, 0.2) is 66.7 Å². The number of aryl methyl sites for hydroxylation is 1. The predicted octanol–water partition coefficient (Wildman–Crippen LogP) is 7.06. The van der Waals surface area contributed by atoms with Crippen molar-refractivity contribution in [1.29, 1.82) is 0 Å². The zero-order chi connectivity index (χ0) is 19.8. The second-order valence-electron chi connectivity index (χ2n) is 6.38. The van der Waals surface area contributed by atoms with Gasteiger partial charge in [0.15, 0.2) is 0 Å². The van der Waals surface area contributed by atoms with Gasteiger partial charge in [0.2, 0.25) is 0 Å². The van der Waals surface area contributed by atoms with Gasteiger partial charge in [-0.2, -0.15) is 0 Å². The Labute approximate surface area is 177 Å². The van der Waals surface area contributed by atoms with Crippen molar-refractivity contribution in [3.63, 3.8) is 0 Å². The summed E-state index contributed by atoms with van der Waals surface area (Å²) in [6.45, 7) is 0. The first-order chi connectivity index (χ1) is 13.5. The van der Waals surface area contributed by atoms with Crippen LogP contribution < -0.4 is 5.32 Å². The zero-order valence-electron chi connectivity index (χ0n) is 14.8. The number of rotatable bonds is 3. The van der Waals surface area contributed by atoms with E-state index >= 15 is 0 Å². The minimum Gasteiger partial charge on any atom is -0.339 e. The summed E-state index contributed by atoms with van der Waals surface area (Å²) in [6.07, 6.45) is 0. The molecule has 1 amide bonds. The molecule has 0 radical (unpaired) electrons. The Morgan fingerprint density at radius 1 is 0.893 bits per heavy atom. The highest BCUT2D eigenvalue weighted by molar-refractivity contribution is 6.34. The molecule has 1 N–H and O–H groups in total. The molecule has 140 valence electrons. The van der Waals surface area contributed by atoms with Crippen molar-refractivity contribution >= 4 is 57.3 Å². The van der Waals surface area contributed by atoms with Crippen LogP contribution in [0, 0.1) is 0 Å². The summed E-state index contributed by atoms with van der Waals surface area (Å²) in [4.78, 5) is 13.3. The van der Waals surface area contributed by atoms with E-state index in [0.29, 0.717) is 26.4 Å². The molecule has 0 aliphatic heterocycles. The van der Waals surface area contributed by atoms with Crippen LogP contribution in [0.3, 0.4) is 0 Å². The summed E-state index contributed by atoms with van der Waals surface area (Å²) < 4.78 is 1.86. The molecule has 0 saturated heterocycles. The number of nitrogens with one attached hydrogen (secondary N) is 1. The van der Waals surface area contributed by atoms with Gasteiger partial charge in [0.1, 0.15) is 5.69 Å². The number of carbonyl (C=O) groups excluding carboxylic acids is 1. The van der Waals surface area contributed by atoms with Gasteiger partial charge < -0.3 is 9.88 Å². The molecule has 0 bridgehead atoms. The van der Waals surface area contributed by atoms with E-state index < -0.39 is 0 Å². The van der Waals surface area contributed by atoms with Gasteiger partial charge in [0.25, 0.3) is 5.91 Å². The van der Waals surface area contributed by atoms with Gasteiger partial charge in [0, 0.05) is 33.6 Å². The largest absolute Gasteiger partial charge is 0.339 e. The molecule has 0 fully saturated rings. The van der Waals surface area contributed by atoms with Crippen molar-refractivity contribution < 1.29 is 4.79 Å². The third kappa shape index (κ3) is 3.37. The predicted molar refractivity (Wildman–Crippen MR) is 118 cm³/mol. The Morgan fingerprint density at radius 2 is 1.57 bits per heavy atom. The standard InChI is InChI=1S/C22H15Cl3N2O/c1-27-19-11-10-15(24)12-16(19)20(13-6-8-14(23)9-7-13)21(27)22(28)26-18-5-3-2-4-17(18)25/h2-12H,1H3,(H,26,28). The van der Waals surface area contributed by atoms with Crippen LogP contribution in [0.5, 0.6) is 0 Å². The fraction of sp³-hybridized carbons (Fsp3) is 0.0455. The summed E-state index contributed by atoms with van der Waals surface area (Å²) in [7, 11) is 1.86. The molecular weight excluding hydrogens is 415 g/mol. The first-order valence-electron chi connectivity index (χ1n) is 8.55. The van der Waals surface area contributed by atoms with Gasteiger partial charge in [-0.25, -0.2) is 0 Å². The maximum atomic E-state index is 13.3. The number of anilines is 1. The van der Waals surface area contributed by atoms with Gasteiger partial charge in [0.05, 0.1) is 10.7 Å². The van der Waals surface area contributed by atoms with Gasteiger partial charge in [-0.15, -0.1) is 0 Å². The number of benzene rings is 3. The number of amides is 1. The number of carbonyl (C=O) groups is 1. The van der Waals surface area contributed by atoms with Crippen LogP contribution in [0.2, 0.25) is 15.1 Å². The number of fused-ring (bicyclic) bond motifs is 1. The molecule has 0 saturated carbocycles. The average Bonchev–Trinajstić information content (AvgIpc) is 2.96. The second-order valence-corrected chi connectivity index (χ2v) is 7.67. The van der Waals surface area contributed by atoms with Gasteiger partial charge in [-0.05, 0) is 48.0 Å². The molecule has 1 aromatic heterocycles. The Kier molecular flexibility index (Phi) is 5.07. The minimum atomic E-state index is -0.257. The third-order valence-electron chi connectivity index (χ3n) is 4.63. The lowest BCUT2D eigenvalue weighted by atomic mass is 10.0. The molecule has 0 unspecified atom stereocenters. The van der Waals surface area contributed by atoms with E-state index in [1.54, 1.807) is 24.3 Å². The highest BCUT2D eigenvalue weighted by Gasteiger charge is 2.23. The van der Waals surface area contributed by atoms with Crippen LogP contribution in [0.25, 0.3) is 22.0 Å². The summed E-state index contributed by atoms with van der Waals surface area (Å²) in [5, 5.41) is 5.51. The van der Waals surface area contributed by atoms with E-state index in [4.69, 9.17) is 34.8 Å². The Hall–Kier alpha value is -2.46. The molecule has 0 aliphatic carbocycles. The molecule has 0 atom stereocenters. The van der Waals surface area contributed by atoms with Crippen molar-refractivity contribution in [3.8, 4) is 11.1 Å². The Morgan fingerprint density at radius 3 is 2.29 bits per heavy atom. The first-order valence-corrected chi connectivity index (χ1v) is 9.69. The molecule has 28 heavy (non-hydrogen) atoms. The smallest absolute Gasteiger partial charge is 0.273 e. The molecule has 1 heterocycles. The monoisotopic (exact) mass is 428 g/mol. The van der Waals surface area contributed by atoms with E-state index in [1.807, 2.05) is 54.1 Å². The van der Waals surface area contributed by atoms with Crippen molar-refractivity contribution in [3.05, 3.63) is 87.5 Å². The molecular formula is C22H15Cl3N2O. The van der Waals surface area contributed by atoms with Crippen molar-refractivity contribution in [2.45, 2.75) is 0 Å². The van der Waals surface area contributed by atoms with Crippen LogP contribution >= 0.6 is 34.8 Å². The second kappa shape index (κ2) is 7.51. The third-order valence-corrected chi connectivity index (χ3v) is 5.45. The van der Waals surface area contributed by atoms with Crippen molar-refractivity contribution in [2.24, 2.45) is 7.05 Å². The van der Waals surface area contributed by atoms with E-state index in [0.717, 1.165) is 22.0 Å². The lowest BCUT2D eigenvalue weighted by molar-refractivity contribution is 0.102. The molecule has 0 aliphatic rings. The summed E-state index contributed by atoms with van der Waals surface area (Å²) in [6, 6.07) is 20.1. The Balaban J connectivity index is 1.93. The fourth-order valence-corrected chi connectivity index (χ4v) is 3.82. The van der Waals surface area contributed by atoms with Gasteiger partial charge in [-0.3, -0.25) is 4.79 Å².